The summed E-state index contributed by atoms with van der Waals surface area (Å²) in [4.78, 5) is 30.7. The van der Waals surface area contributed by atoms with Crippen LogP contribution in [0, 0.1) is 0 Å². The van der Waals surface area contributed by atoms with E-state index in [1.165, 1.54) is 6.07 Å². The molecular weight excluding hydrogens is 425 g/mol. The van der Waals surface area contributed by atoms with Gasteiger partial charge in [-0.2, -0.15) is 0 Å². The van der Waals surface area contributed by atoms with Gasteiger partial charge in [0.25, 0.3) is 0 Å². The topological polar surface area (TPSA) is 65.6 Å². The number of nitrogens with one attached hydrogen (secondary N) is 1. The van der Waals surface area contributed by atoms with Gasteiger partial charge < -0.3 is 19.5 Å². The fourth-order valence-corrected chi connectivity index (χ4v) is 3.82. The number of hydrogen-bond donors (Lipinski definition) is 1. The average molecular weight is 446 g/mol. The largest absolute Gasteiger partial charge is 0.493 e. The van der Waals surface area contributed by atoms with Crippen LogP contribution in [0.4, 0.5) is 5.69 Å². The first-order valence-electron chi connectivity index (χ1n) is 9.73. The molecule has 30 heavy (non-hydrogen) atoms. The maximum atomic E-state index is 12.5. The van der Waals surface area contributed by atoms with Crippen LogP contribution in [0.5, 0.6) is 5.75 Å². The fraction of sp³-hybridized carbons (Fsp3) is 0.273. The molecule has 3 aromatic rings. The van der Waals surface area contributed by atoms with Gasteiger partial charge in [-0.05, 0) is 42.5 Å². The Bertz CT molecular complexity index is 1120. The van der Waals surface area contributed by atoms with Crippen LogP contribution in [0.2, 0.25) is 10.0 Å². The number of aromatic nitrogens is 1. The Balaban J connectivity index is 1.26. The molecule has 1 aliphatic heterocycles. The van der Waals surface area contributed by atoms with E-state index in [9.17, 15) is 9.59 Å². The number of carbonyl (C=O) groups excluding carboxylic acids is 1. The highest BCUT2D eigenvalue weighted by atomic mass is 35.5. The van der Waals surface area contributed by atoms with Crippen LogP contribution in [0.3, 0.4) is 0 Å². The molecule has 4 rings (SSSR count). The number of aromatic amines is 1. The lowest BCUT2D eigenvalue weighted by Gasteiger charge is -2.36. The van der Waals surface area contributed by atoms with Gasteiger partial charge >= 0.3 is 0 Å². The molecule has 1 saturated heterocycles. The molecule has 156 valence electrons. The molecule has 6 nitrogen and oxygen atoms in total. The molecule has 0 spiro atoms. The predicted octanol–water partition coefficient (Wildman–Crippen LogP) is 3.95. The number of piperazine rings is 1. The fourth-order valence-electron chi connectivity index (χ4n) is 3.53. The molecule has 0 atom stereocenters. The van der Waals surface area contributed by atoms with Crippen molar-refractivity contribution < 1.29 is 9.53 Å². The van der Waals surface area contributed by atoms with Gasteiger partial charge in [0.1, 0.15) is 5.75 Å². The number of H-pyrrole nitrogens is 1. The smallest absolute Gasteiger partial charge is 0.248 e. The summed E-state index contributed by atoms with van der Waals surface area (Å²) in [7, 11) is 0. The van der Waals surface area contributed by atoms with Crippen LogP contribution in [-0.2, 0) is 4.79 Å². The Morgan fingerprint density at radius 3 is 2.53 bits per heavy atom. The molecule has 2 heterocycles. The van der Waals surface area contributed by atoms with Crippen molar-refractivity contribution >= 4 is 45.7 Å². The molecule has 0 bridgehead atoms. The van der Waals surface area contributed by atoms with Gasteiger partial charge in [0.05, 0.1) is 23.1 Å². The number of amides is 1. The minimum Gasteiger partial charge on any atom is -0.493 e. The predicted molar refractivity (Wildman–Crippen MR) is 120 cm³/mol. The maximum absolute atomic E-state index is 12.5. The zero-order valence-corrected chi connectivity index (χ0v) is 17.7. The number of halogens is 2. The summed E-state index contributed by atoms with van der Waals surface area (Å²) in [6.45, 7) is 3.10. The Kier molecular flexibility index (Phi) is 6.16. The van der Waals surface area contributed by atoms with E-state index in [1.54, 1.807) is 24.3 Å². The minimum atomic E-state index is -0.138. The molecule has 2 aromatic carbocycles. The molecule has 8 heteroatoms. The highest BCUT2D eigenvalue weighted by Gasteiger charge is 2.21. The van der Waals surface area contributed by atoms with Gasteiger partial charge in [0, 0.05) is 48.8 Å². The number of hydrogen-bond acceptors (Lipinski definition) is 4. The molecular formula is C22H21Cl2N3O3. The third-order valence-corrected chi connectivity index (χ3v) is 5.92. The van der Waals surface area contributed by atoms with Crippen LogP contribution in [0.1, 0.15) is 6.42 Å². The quantitative estimate of drug-likeness (QED) is 0.645. The maximum Gasteiger partial charge on any atom is 0.248 e. The molecule has 1 amide bonds. The lowest BCUT2D eigenvalue weighted by Crippen LogP contribution is -2.49. The average Bonchev–Trinajstić information content (AvgIpc) is 2.76. The first kappa shape index (κ1) is 20.6. The van der Waals surface area contributed by atoms with E-state index in [-0.39, 0.29) is 11.5 Å². The summed E-state index contributed by atoms with van der Waals surface area (Å²) < 4.78 is 5.74. The van der Waals surface area contributed by atoms with Crippen molar-refractivity contribution in [3.63, 3.8) is 0 Å². The van der Waals surface area contributed by atoms with Gasteiger partial charge in [0.15, 0.2) is 0 Å². The lowest BCUT2D eigenvalue weighted by atomic mass is 10.2. The molecule has 0 saturated carbocycles. The second-order valence-electron chi connectivity index (χ2n) is 7.14. The zero-order valence-electron chi connectivity index (χ0n) is 16.2. The van der Waals surface area contributed by atoms with Crippen molar-refractivity contribution in [2.24, 2.45) is 0 Å². The molecule has 1 N–H and O–H groups in total. The van der Waals surface area contributed by atoms with E-state index in [4.69, 9.17) is 27.9 Å². The number of anilines is 1. The SMILES string of the molecule is O=C(CCOc1ccc2[nH]c(=O)ccc2c1)N1CCN(c2ccc(Cl)c(Cl)c2)CC1. The lowest BCUT2D eigenvalue weighted by molar-refractivity contribution is -0.132. The van der Waals surface area contributed by atoms with E-state index >= 15 is 0 Å². The first-order valence-corrected chi connectivity index (χ1v) is 10.5. The number of pyridine rings is 1. The second kappa shape index (κ2) is 8.98. The molecule has 0 aliphatic carbocycles. The molecule has 1 aromatic heterocycles. The van der Waals surface area contributed by atoms with Gasteiger partial charge in [-0.3, -0.25) is 9.59 Å². The number of nitrogens with zero attached hydrogens (tertiary/aromatic N) is 2. The summed E-state index contributed by atoms with van der Waals surface area (Å²) in [6.07, 6.45) is 0.316. The number of ether oxygens (including phenoxy) is 1. The van der Waals surface area contributed by atoms with E-state index < -0.39 is 0 Å². The van der Waals surface area contributed by atoms with E-state index in [1.807, 2.05) is 23.1 Å². The number of fused-ring (bicyclic) bond motifs is 1. The number of carbonyl (C=O) groups is 1. The van der Waals surface area contributed by atoms with Crippen LogP contribution >= 0.6 is 23.2 Å². The van der Waals surface area contributed by atoms with Crippen molar-refractivity contribution in [1.29, 1.82) is 0 Å². The normalized spacial score (nSPS) is 14.2. The van der Waals surface area contributed by atoms with Gasteiger partial charge in [0.2, 0.25) is 11.5 Å². The van der Waals surface area contributed by atoms with Crippen LogP contribution < -0.4 is 15.2 Å². The van der Waals surface area contributed by atoms with Crippen LogP contribution in [0.25, 0.3) is 10.9 Å². The standard InChI is InChI=1S/C22H21Cl2N3O3/c23-18-4-2-16(14-19(18)24)26-8-10-27(11-9-26)22(29)7-12-30-17-3-5-20-15(13-17)1-6-21(28)25-20/h1-6,13-14H,7-12H2,(H,25,28). The van der Waals surface area contributed by atoms with Crippen LogP contribution in [-0.4, -0.2) is 48.6 Å². The Morgan fingerprint density at radius 2 is 1.77 bits per heavy atom. The first-order chi connectivity index (χ1) is 14.5. The van der Waals surface area contributed by atoms with Crippen molar-refractivity contribution in [3.05, 3.63) is 68.9 Å². The zero-order chi connectivity index (χ0) is 21.1. The van der Waals surface area contributed by atoms with Crippen molar-refractivity contribution in [2.45, 2.75) is 6.42 Å². The summed E-state index contributed by atoms with van der Waals surface area (Å²) in [5, 5.41) is 1.95. The summed E-state index contributed by atoms with van der Waals surface area (Å²) >= 11 is 12.1. The third kappa shape index (κ3) is 4.71. The van der Waals surface area contributed by atoms with Crippen molar-refractivity contribution in [2.75, 3.05) is 37.7 Å². The second-order valence-corrected chi connectivity index (χ2v) is 7.95. The summed E-state index contributed by atoms with van der Waals surface area (Å²) in [5.41, 5.74) is 1.63. The number of benzene rings is 2. The number of rotatable bonds is 5. The van der Waals surface area contributed by atoms with Gasteiger partial charge in [-0.25, -0.2) is 0 Å². The van der Waals surface area contributed by atoms with Gasteiger partial charge in [-0.1, -0.05) is 23.2 Å². The molecule has 0 radical (unpaired) electrons. The summed E-state index contributed by atoms with van der Waals surface area (Å²) in [6, 6.07) is 14.3. The summed E-state index contributed by atoms with van der Waals surface area (Å²) in [5.74, 6) is 0.751. The third-order valence-electron chi connectivity index (χ3n) is 5.18. The monoisotopic (exact) mass is 445 g/mol. The molecule has 1 fully saturated rings. The van der Waals surface area contributed by atoms with Crippen molar-refractivity contribution in [1.82, 2.24) is 9.88 Å². The minimum absolute atomic E-state index is 0.0777. The Labute approximate surface area is 184 Å². The van der Waals surface area contributed by atoms with E-state index in [0.29, 0.717) is 41.9 Å². The highest BCUT2D eigenvalue weighted by molar-refractivity contribution is 6.42. The van der Waals surface area contributed by atoms with E-state index in [0.717, 1.165) is 29.7 Å². The Hall–Kier alpha value is -2.70. The van der Waals surface area contributed by atoms with Crippen molar-refractivity contribution in [3.8, 4) is 5.75 Å². The highest BCUT2D eigenvalue weighted by Crippen LogP contribution is 2.27. The van der Waals surface area contributed by atoms with E-state index in [2.05, 4.69) is 9.88 Å². The molecule has 0 unspecified atom stereocenters. The Morgan fingerprint density at radius 1 is 0.967 bits per heavy atom. The molecule has 1 aliphatic rings. The van der Waals surface area contributed by atoms with Gasteiger partial charge in [-0.15, -0.1) is 0 Å². The van der Waals surface area contributed by atoms with Crippen LogP contribution in [0.15, 0.2) is 53.3 Å².